The summed E-state index contributed by atoms with van der Waals surface area (Å²) in [5.74, 6) is -0.169. The molecule has 1 aromatic carbocycles. The molecule has 1 aromatic rings. The van der Waals surface area contributed by atoms with Crippen LogP contribution < -0.4 is 0 Å². The van der Waals surface area contributed by atoms with Crippen LogP contribution >= 0.6 is 0 Å². The summed E-state index contributed by atoms with van der Waals surface area (Å²) in [6.07, 6.45) is 7.75. The number of aliphatic hydroxyl groups is 1. The maximum absolute atomic E-state index is 13.6. The van der Waals surface area contributed by atoms with Crippen LogP contribution in [0.3, 0.4) is 0 Å². The molecule has 6 nitrogen and oxygen atoms in total. The predicted octanol–water partition coefficient (Wildman–Crippen LogP) is 7.10. The molecule has 42 heavy (non-hydrogen) atoms. The molecule has 12 atom stereocenters. The van der Waals surface area contributed by atoms with E-state index in [9.17, 15) is 14.7 Å². The van der Waals surface area contributed by atoms with Crippen LogP contribution in [0.25, 0.3) is 0 Å². The van der Waals surface area contributed by atoms with E-state index in [0.717, 1.165) is 56.9 Å². The minimum atomic E-state index is -1.21. The van der Waals surface area contributed by atoms with Gasteiger partial charge in [0.25, 0.3) is 0 Å². The van der Waals surface area contributed by atoms with Crippen LogP contribution in [-0.2, 0) is 19.0 Å². The summed E-state index contributed by atoms with van der Waals surface area (Å²) < 4.78 is 18.9. The van der Waals surface area contributed by atoms with Gasteiger partial charge >= 0.3 is 11.9 Å². The molecule has 1 N–H and O–H groups in total. The second-order valence-electron chi connectivity index (χ2n) is 15.1. The average Bonchev–Trinajstić information content (AvgIpc) is 3.34. The summed E-state index contributed by atoms with van der Waals surface area (Å²) in [6.45, 7) is 14.6. The molecular formula is C36H50O6. The lowest BCUT2D eigenvalue weighted by molar-refractivity contribution is -0.211. The highest BCUT2D eigenvalue weighted by molar-refractivity contribution is 5.89. The van der Waals surface area contributed by atoms with Gasteiger partial charge in [-0.15, -0.1) is 6.58 Å². The van der Waals surface area contributed by atoms with Gasteiger partial charge in [0, 0.05) is 24.7 Å². The lowest BCUT2D eigenvalue weighted by Crippen LogP contribution is -2.60. The Bertz CT molecular complexity index is 1210. The van der Waals surface area contributed by atoms with Crippen molar-refractivity contribution in [2.75, 3.05) is 0 Å². The van der Waals surface area contributed by atoms with E-state index < -0.39 is 11.2 Å². The summed E-state index contributed by atoms with van der Waals surface area (Å²) in [6, 6.07) is 9.30. The van der Waals surface area contributed by atoms with E-state index >= 15 is 0 Å². The molecule has 0 radical (unpaired) electrons. The van der Waals surface area contributed by atoms with E-state index in [-0.39, 0.29) is 53.4 Å². The zero-order valence-corrected chi connectivity index (χ0v) is 26.1. The largest absolute Gasteiger partial charge is 0.463 e. The number of hydrogen-bond acceptors (Lipinski definition) is 6. The van der Waals surface area contributed by atoms with Crippen molar-refractivity contribution in [3.63, 3.8) is 0 Å². The van der Waals surface area contributed by atoms with Gasteiger partial charge in [0.05, 0.1) is 11.7 Å². The van der Waals surface area contributed by atoms with Crippen molar-refractivity contribution < 1.29 is 28.9 Å². The van der Waals surface area contributed by atoms with Gasteiger partial charge in [0.1, 0.15) is 12.2 Å². The molecule has 5 aliphatic rings. The van der Waals surface area contributed by atoms with E-state index in [1.165, 1.54) is 6.92 Å². The van der Waals surface area contributed by atoms with E-state index in [1.54, 1.807) is 0 Å². The lowest BCUT2D eigenvalue weighted by Gasteiger charge is -2.62. The van der Waals surface area contributed by atoms with Gasteiger partial charge in [-0.2, -0.15) is 0 Å². The minimum Gasteiger partial charge on any atom is -0.463 e. The molecular weight excluding hydrogens is 528 g/mol. The number of rotatable bonds is 6. The summed E-state index contributed by atoms with van der Waals surface area (Å²) >= 11 is 0. The fourth-order valence-corrected chi connectivity index (χ4v) is 10.9. The highest BCUT2D eigenvalue weighted by atomic mass is 16.6. The number of carbonyl (C=O) groups is 2. The third-order valence-corrected chi connectivity index (χ3v) is 12.8. The Morgan fingerprint density at radius 1 is 1.05 bits per heavy atom. The number of hydrogen-bond donors (Lipinski definition) is 1. The van der Waals surface area contributed by atoms with Gasteiger partial charge in [-0.3, -0.25) is 4.79 Å². The molecule has 0 bridgehead atoms. The molecule has 4 aliphatic carbocycles. The Morgan fingerprint density at radius 2 is 1.79 bits per heavy atom. The Labute approximate surface area is 251 Å². The molecule has 0 aromatic heterocycles. The summed E-state index contributed by atoms with van der Waals surface area (Å²) in [5, 5.41) is 12.3. The second-order valence-corrected chi connectivity index (χ2v) is 15.1. The molecule has 230 valence electrons. The van der Waals surface area contributed by atoms with E-state index in [2.05, 4.69) is 27.4 Å². The van der Waals surface area contributed by atoms with Crippen molar-refractivity contribution in [2.45, 2.75) is 117 Å². The van der Waals surface area contributed by atoms with Gasteiger partial charge in [0.15, 0.2) is 5.79 Å². The van der Waals surface area contributed by atoms with Gasteiger partial charge in [-0.05, 0) is 105 Å². The van der Waals surface area contributed by atoms with Gasteiger partial charge in [0.2, 0.25) is 0 Å². The molecule has 5 fully saturated rings. The van der Waals surface area contributed by atoms with E-state index in [1.807, 2.05) is 37.3 Å². The van der Waals surface area contributed by atoms with E-state index in [0.29, 0.717) is 29.7 Å². The quantitative estimate of drug-likeness (QED) is 0.286. The third kappa shape index (κ3) is 4.76. The monoisotopic (exact) mass is 578 g/mol. The average molecular weight is 579 g/mol. The standard InChI is InChI=1S/C36H50O6/c1-21(2)12-15-30-22(3)32-35(6)29(20-36(32,39)42-30)27-14-13-25-18-26(40-23(4)37)16-17-34(25,5)28(27)19-31(35)41-33(38)24-10-8-7-9-11-24/h7-11,22,25-32,39H,1,12-20H2,2-6H3/t22-,25?,26+,27?,28?,29?,30-,31-,32?,34+,35-,36+/m1/s1. The molecule has 5 unspecified atom stereocenters. The van der Waals surface area contributed by atoms with Crippen molar-refractivity contribution in [2.24, 2.45) is 46.3 Å². The fourth-order valence-electron chi connectivity index (χ4n) is 10.9. The molecule has 6 heteroatoms. The number of esters is 2. The predicted molar refractivity (Wildman–Crippen MR) is 160 cm³/mol. The van der Waals surface area contributed by atoms with Gasteiger partial charge in [-0.25, -0.2) is 4.79 Å². The third-order valence-electron chi connectivity index (χ3n) is 12.8. The lowest BCUT2D eigenvalue weighted by atomic mass is 9.43. The van der Waals surface area contributed by atoms with Crippen molar-refractivity contribution in [3.8, 4) is 0 Å². The van der Waals surface area contributed by atoms with Crippen LogP contribution in [0.1, 0.15) is 103 Å². The first-order chi connectivity index (χ1) is 19.9. The Hall–Kier alpha value is -2.18. The zero-order valence-electron chi connectivity index (χ0n) is 26.1. The Kier molecular flexibility index (Phi) is 7.66. The molecule has 1 aliphatic heterocycles. The van der Waals surface area contributed by atoms with Crippen molar-refractivity contribution in [1.29, 1.82) is 0 Å². The van der Waals surface area contributed by atoms with Crippen molar-refractivity contribution in [3.05, 3.63) is 48.0 Å². The first kappa shape index (κ1) is 29.9. The number of fused-ring (bicyclic) bond motifs is 7. The molecule has 6 rings (SSSR count). The molecule has 0 amide bonds. The summed E-state index contributed by atoms with van der Waals surface area (Å²) in [4.78, 5) is 25.4. The van der Waals surface area contributed by atoms with Crippen molar-refractivity contribution >= 4 is 11.9 Å². The van der Waals surface area contributed by atoms with Crippen LogP contribution in [0.5, 0.6) is 0 Å². The highest BCUT2D eigenvalue weighted by Crippen LogP contribution is 2.72. The zero-order chi connectivity index (χ0) is 30.0. The van der Waals surface area contributed by atoms with Gasteiger partial charge < -0.3 is 19.3 Å². The molecule has 4 saturated carbocycles. The minimum absolute atomic E-state index is 0.00498. The Morgan fingerprint density at radius 3 is 2.48 bits per heavy atom. The van der Waals surface area contributed by atoms with Crippen LogP contribution in [0.15, 0.2) is 42.5 Å². The molecule has 1 heterocycles. The van der Waals surface area contributed by atoms with Gasteiger partial charge in [-0.1, -0.05) is 44.5 Å². The SMILES string of the molecule is C=C(C)CC[C@H]1O[C@@]2(O)CC3C4CCC5C[C@@H](OC(C)=O)CC[C@]5(C)C4C[C@@H](OC(=O)c4ccccc4)[C@]3(C)C2[C@@H]1C. The fraction of sp³-hybridized carbons (Fsp3) is 0.722. The Balaban J connectivity index is 1.34. The highest BCUT2D eigenvalue weighted by Gasteiger charge is 2.74. The second kappa shape index (κ2) is 10.8. The maximum Gasteiger partial charge on any atom is 0.338 e. The number of benzene rings is 1. The maximum atomic E-state index is 13.6. The van der Waals surface area contributed by atoms with Crippen LogP contribution in [0.2, 0.25) is 0 Å². The van der Waals surface area contributed by atoms with Crippen LogP contribution in [-0.4, -0.2) is 41.1 Å². The van der Waals surface area contributed by atoms with Crippen LogP contribution in [0, 0.1) is 46.3 Å². The number of allylic oxidation sites excluding steroid dienone is 1. The van der Waals surface area contributed by atoms with E-state index in [4.69, 9.17) is 14.2 Å². The van der Waals surface area contributed by atoms with Crippen LogP contribution in [0.4, 0.5) is 0 Å². The normalized spacial score (nSPS) is 45.6. The topological polar surface area (TPSA) is 82.1 Å². The number of ether oxygens (including phenoxy) is 3. The molecule has 1 saturated heterocycles. The van der Waals surface area contributed by atoms with Crippen molar-refractivity contribution in [1.82, 2.24) is 0 Å². The number of carbonyl (C=O) groups excluding carboxylic acids is 2. The summed E-state index contributed by atoms with van der Waals surface area (Å²) in [7, 11) is 0. The first-order valence-corrected chi connectivity index (χ1v) is 16.3. The molecule has 0 spiro atoms. The summed E-state index contributed by atoms with van der Waals surface area (Å²) in [5.41, 5.74) is 1.38. The first-order valence-electron chi connectivity index (χ1n) is 16.3. The smallest absolute Gasteiger partial charge is 0.338 e.